The first-order valence-corrected chi connectivity index (χ1v) is 8.73. The number of likely N-dealkylation sites (N-methyl/N-ethyl adjacent to an activating group) is 2. The van der Waals surface area contributed by atoms with E-state index >= 15 is 0 Å². The summed E-state index contributed by atoms with van der Waals surface area (Å²) < 4.78 is 0. The lowest BCUT2D eigenvalue weighted by atomic mass is 9.98. The number of amides is 1. The monoisotopic (exact) mass is 333 g/mol. The smallest absolute Gasteiger partial charge is 0.251 e. The van der Waals surface area contributed by atoms with E-state index in [4.69, 9.17) is 0 Å². The van der Waals surface area contributed by atoms with Gasteiger partial charge in [-0.05, 0) is 58.5 Å². The molecule has 0 bridgehead atoms. The first-order valence-electron chi connectivity index (χ1n) is 8.73. The van der Waals surface area contributed by atoms with Crippen LogP contribution in [0.1, 0.15) is 36.2 Å². The van der Waals surface area contributed by atoms with E-state index in [1.807, 2.05) is 24.3 Å². The van der Waals surface area contributed by atoms with E-state index in [0.717, 1.165) is 31.6 Å². The van der Waals surface area contributed by atoms with Gasteiger partial charge in [0.15, 0.2) is 0 Å². The molecule has 0 aromatic heterocycles. The summed E-state index contributed by atoms with van der Waals surface area (Å²) in [5.74, 6) is -0.0262. The second-order valence-electron chi connectivity index (χ2n) is 7.62. The topological polar surface area (TPSA) is 55.8 Å². The van der Waals surface area contributed by atoms with Crippen molar-refractivity contribution < 1.29 is 9.90 Å². The highest BCUT2D eigenvalue weighted by molar-refractivity contribution is 5.94. The van der Waals surface area contributed by atoms with E-state index in [-0.39, 0.29) is 5.91 Å². The lowest BCUT2D eigenvalue weighted by Gasteiger charge is -2.37. The maximum absolute atomic E-state index is 12.4. The van der Waals surface area contributed by atoms with Crippen LogP contribution in [0, 0.1) is 0 Å². The normalized spacial score (nSPS) is 20.1. The summed E-state index contributed by atoms with van der Waals surface area (Å²) in [6, 6.07) is 8.05. The van der Waals surface area contributed by atoms with Crippen molar-refractivity contribution in [3.8, 4) is 0 Å². The Morgan fingerprint density at radius 1 is 1.33 bits per heavy atom. The van der Waals surface area contributed by atoms with Gasteiger partial charge < -0.3 is 15.3 Å². The van der Waals surface area contributed by atoms with Gasteiger partial charge in [-0.15, -0.1) is 0 Å². The third-order valence-electron chi connectivity index (χ3n) is 4.69. The number of hydrogen-bond acceptors (Lipinski definition) is 4. The lowest BCUT2D eigenvalue weighted by Crippen LogP contribution is -2.54. The molecule has 1 unspecified atom stereocenters. The Hall–Kier alpha value is -1.43. The molecule has 2 rings (SSSR count). The Balaban J connectivity index is 1.90. The summed E-state index contributed by atoms with van der Waals surface area (Å²) in [5, 5.41) is 12.9. The second-order valence-corrected chi connectivity index (χ2v) is 7.62. The summed E-state index contributed by atoms with van der Waals surface area (Å²) in [5.41, 5.74) is 1.09. The molecule has 0 radical (unpaired) electrons. The van der Waals surface area contributed by atoms with Crippen LogP contribution in [0.15, 0.2) is 24.3 Å². The fourth-order valence-corrected chi connectivity index (χ4v) is 2.95. The highest BCUT2D eigenvalue weighted by Gasteiger charge is 2.22. The van der Waals surface area contributed by atoms with Gasteiger partial charge in [-0.3, -0.25) is 9.69 Å². The van der Waals surface area contributed by atoms with Crippen LogP contribution in [0.4, 0.5) is 0 Å². The van der Waals surface area contributed by atoms with E-state index in [1.54, 1.807) is 13.8 Å². The molecule has 1 heterocycles. The summed E-state index contributed by atoms with van der Waals surface area (Å²) in [7, 11) is 4.23. The van der Waals surface area contributed by atoms with Gasteiger partial charge in [-0.25, -0.2) is 0 Å². The van der Waals surface area contributed by atoms with Gasteiger partial charge in [-0.2, -0.15) is 0 Å². The zero-order valence-corrected chi connectivity index (χ0v) is 15.4. The molecular formula is C19H31N3O2. The minimum atomic E-state index is -0.685. The zero-order chi connectivity index (χ0) is 17.7. The van der Waals surface area contributed by atoms with Gasteiger partial charge in [0.05, 0.1) is 5.60 Å². The first kappa shape index (κ1) is 18.9. The Morgan fingerprint density at radius 2 is 2.08 bits per heavy atom. The van der Waals surface area contributed by atoms with Crippen LogP contribution < -0.4 is 5.32 Å². The average Bonchev–Trinajstić information content (AvgIpc) is 2.53. The Kier molecular flexibility index (Phi) is 6.38. The molecular weight excluding hydrogens is 302 g/mol. The standard InChI is InChI=1S/C19H31N3O2/c1-19(2,24)9-8-15-6-5-7-16(12-15)18(23)20-13-17-14-21(3)10-11-22(17)4/h5-7,12,17,24H,8-11,13-14H2,1-4H3,(H,20,23). The van der Waals surface area contributed by atoms with Crippen LogP contribution in [0.25, 0.3) is 0 Å². The first-order chi connectivity index (χ1) is 11.2. The van der Waals surface area contributed by atoms with E-state index in [2.05, 4.69) is 29.2 Å². The molecule has 5 heteroatoms. The summed E-state index contributed by atoms with van der Waals surface area (Å²) >= 11 is 0. The number of rotatable bonds is 6. The molecule has 5 nitrogen and oxygen atoms in total. The Bertz CT molecular complexity index is 554. The van der Waals surface area contributed by atoms with Crippen molar-refractivity contribution >= 4 is 5.91 Å². The minimum absolute atomic E-state index is 0.0262. The third-order valence-corrected chi connectivity index (χ3v) is 4.69. The fourth-order valence-electron chi connectivity index (χ4n) is 2.95. The number of piperazine rings is 1. The molecule has 1 saturated heterocycles. The molecule has 1 aromatic carbocycles. The third kappa shape index (κ3) is 5.89. The van der Waals surface area contributed by atoms with Crippen molar-refractivity contribution in [1.29, 1.82) is 0 Å². The highest BCUT2D eigenvalue weighted by atomic mass is 16.3. The summed E-state index contributed by atoms with van der Waals surface area (Å²) in [4.78, 5) is 17.0. The molecule has 1 fully saturated rings. The summed E-state index contributed by atoms with van der Waals surface area (Å²) in [6.07, 6.45) is 1.44. The van der Waals surface area contributed by atoms with Crippen molar-refractivity contribution in [1.82, 2.24) is 15.1 Å². The van der Waals surface area contributed by atoms with Crippen molar-refractivity contribution in [3.05, 3.63) is 35.4 Å². The number of aryl methyl sites for hydroxylation is 1. The molecule has 1 aromatic rings. The van der Waals surface area contributed by atoms with Crippen molar-refractivity contribution in [2.45, 2.75) is 38.3 Å². The quantitative estimate of drug-likeness (QED) is 0.825. The number of nitrogens with one attached hydrogen (secondary N) is 1. The fraction of sp³-hybridized carbons (Fsp3) is 0.632. The number of benzene rings is 1. The van der Waals surface area contributed by atoms with Crippen LogP contribution in [-0.2, 0) is 6.42 Å². The van der Waals surface area contributed by atoms with E-state index in [9.17, 15) is 9.90 Å². The molecule has 1 aliphatic rings. The molecule has 1 amide bonds. The lowest BCUT2D eigenvalue weighted by molar-refractivity contribution is 0.0714. The SMILES string of the molecule is CN1CCN(C)C(CNC(=O)c2cccc(CCC(C)(C)O)c2)C1. The minimum Gasteiger partial charge on any atom is -0.390 e. The molecule has 2 N–H and O–H groups in total. The molecule has 0 spiro atoms. The molecule has 134 valence electrons. The highest BCUT2D eigenvalue weighted by Crippen LogP contribution is 2.14. The van der Waals surface area contributed by atoms with E-state index in [0.29, 0.717) is 24.6 Å². The number of aliphatic hydroxyl groups is 1. The Morgan fingerprint density at radius 3 is 2.79 bits per heavy atom. The van der Waals surface area contributed by atoms with Gasteiger partial charge in [0.25, 0.3) is 5.91 Å². The predicted octanol–water partition coefficient (Wildman–Crippen LogP) is 1.37. The zero-order valence-electron chi connectivity index (χ0n) is 15.4. The second kappa shape index (κ2) is 8.10. The van der Waals surface area contributed by atoms with Crippen molar-refractivity contribution in [2.24, 2.45) is 0 Å². The maximum atomic E-state index is 12.4. The molecule has 0 saturated carbocycles. The molecule has 0 aliphatic carbocycles. The van der Waals surface area contributed by atoms with Crippen LogP contribution in [-0.4, -0.2) is 72.7 Å². The van der Waals surface area contributed by atoms with Crippen LogP contribution >= 0.6 is 0 Å². The van der Waals surface area contributed by atoms with Gasteiger partial charge in [0, 0.05) is 37.8 Å². The van der Waals surface area contributed by atoms with Gasteiger partial charge in [0.2, 0.25) is 0 Å². The number of hydrogen-bond donors (Lipinski definition) is 2. The predicted molar refractivity (Wildman–Crippen MR) is 97.3 cm³/mol. The number of carbonyl (C=O) groups is 1. The van der Waals surface area contributed by atoms with Gasteiger partial charge in [0.1, 0.15) is 0 Å². The van der Waals surface area contributed by atoms with Crippen molar-refractivity contribution in [3.63, 3.8) is 0 Å². The number of nitrogens with zero attached hydrogens (tertiary/aromatic N) is 2. The van der Waals surface area contributed by atoms with Crippen molar-refractivity contribution in [2.75, 3.05) is 40.3 Å². The van der Waals surface area contributed by atoms with Gasteiger partial charge >= 0.3 is 0 Å². The molecule has 1 aliphatic heterocycles. The Labute approximate surface area is 145 Å². The van der Waals surface area contributed by atoms with Gasteiger partial charge in [-0.1, -0.05) is 12.1 Å². The number of carbonyl (C=O) groups excluding carboxylic acids is 1. The van der Waals surface area contributed by atoms with Crippen LogP contribution in [0.2, 0.25) is 0 Å². The maximum Gasteiger partial charge on any atom is 0.251 e. The van der Waals surface area contributed by atoms with Crippen LogP contribution in [0.3, 0.4) is 0 Å². The average molecular weight is 333 g/mol. The molecule has 24 heavy (non-hydrogen) atoms. The molecule has 1 atom stereocenters. The van der Waals surface area contributed by atoms with E-state index in [1.165, 1.54) is 0 Å². The summed E-state index contributed by atoms with van der Waals surface area (Å²) in [6.45, 7) is 7.35. The largest absolute Gasteiger partial charge is 0.390 e. The van der Waals surface area contributed by atoms with Crippen LogP contribution in [0.5, 0.6) is 0 Å². The van der Waals surface area contributed by atoms with E-state index < -0.39 is 5.60 Å².